The Bertz CT molecular complexity index is 1550. The third-order valence-electron chi connectivity index (χ3n) is 6.95. The van der Waals surface area contributed by atoms with Crippen LogP contribution in [0, 0.1) is 0 Å². The summed E-state index contributed by atoms with van der Waals surface area (Å²) in [5.41, 5.74) is -0.145. The first-order chi connectivity index (χ1) is 20.3. The summed E-state index contributed by atoms with van der Waals surface area (Å²) in [6.07, 6.45) is -9.67. The number of aromatic hydroxyl groups is 6. The number of ketones is 1. The molecule has 0 radical (unpaired) electrons. The van der Waals surface area contributed by atoms with Gasteiger partial charge in [-0.1, -0.05) is 6.07 Å². The van der Waals surface area contributed by atoms with Gasteiger partial charge in [0.05, 0.1) is 12.0 Å². The zero-order chi connectivity index (χ0) is 31.2. The van der Waals surface area contributed by atoms with Crippen LogP contribution in [0.15, 0.2) is 42.5 Å². The van der Waals surface area contributed by atoms with E-state index in [0.29, 0.717) is 5.56 Å². The predicted octanol–water partition coefficient (Wildman–Crippen LogP) is 0.670. The Morgan fingerprint density at radius 3 is 2.19 bits per heavy atom. The number of esters is 1. The molecule has 9 N–H and O–H groups in total. The molecule has 15 nitrogen and oxygen atoms in total. The van der Waals surface area contributed by atoms with Crippen LogP contribution in [0.4, 0.5) is 0 Å². The summed E-state index contributed by atoms with van der Waals surface area (Å²) < 4.78 is 22.0. The molecule has 5 rings (SSSR count). The molecule has 1 fully saturated rings. The number of benzene rings is 3. The van der Waals surface area contributed by atoms with Gasteiger partial charge in [0.15, 0.2) is 34.5 Å². The summed E-state index contributed by atoms with van der Waals surface area (Å²) in [6.45, 7) is -0.694. The number of phenolic OH excluding ortho intramolecular Hbond substituents is 6. The minimum atomic E-state index is -1.85. The summed E-state index contributed by atoms with van der Waals surface area (Å²) in [7, 11) is 0. The Balaban J connectivity index is 1.31. The van der Waals surface area contributed by atoms with E-state index in [-0.39, 0.29) is 34.8 Å². The molecule has 228 valence electrons. The van der Waals surface area contributed by atoms with Crippen molar-refractivity contribution < 1.29 is 74.5 Å². The van der Waals surface area contributed by atoms with E-state index in [2.05, 4.69) is 0 Å². The summed E-state index contributed by atoms with van der Waals surface area (Å²) in [6, 6.07) is 7.78. The molecule has 0 aromatic heterocycles. The molecule has 15 heteroatoms. The summed E-state index contributed by atoms with van der Waals surface area (Å²) in [5.74, 6) is -5.65. The highest BCUT2D eigenvalue weighted by Crippen LogP contribution is 2.43. The highest BCUT2D eigenvalue weighted by molar-refractivity contribution is 6.02. The maximum atomic E-state index is 12.8. The fourth-order valence-electron chi connectivity index (χ4n) is 4.66. The van der Waals surface area contributed by atoms with Crippen LogP contribution in [0.5, 0.6) is 46.0 Å². The number of carbonyl (C=O) groups is 2. The quantitative estimate of drug-likeness (QED) is 0.139. The van der Waals surface area contributed by atoms with Crippen molar-refractivity contribution in [2.45, 2.75) is 43.2 Å². The molecular weight excluding hydrogens is 576 g/mol. The summed E-state index contributed by atoms with van der Waals surface area (Å²) >= 11 is 0. The second kappa shape index (κ2) is 11.4. The van der Waals surface area contributed by atoms with Crippen molar-refractivity contribution in [2.75, 3.05) is 6.61 Å². The van der Waals surface area contributed by atoms with Gasteiger partial charge in [0.2, 0.25) is 6.29 Å². The molecule has 1 saturated heterocycles. The maximum absolute atomic E-state index is 12.8. The minimum Gasteiger partial charge on any atom is -0.507 e. The molecule has 0 unspecified atom stereocenters. The number of hydrogen-bond acceptors (Lipinski definition) is 15. The van der Waals surface area contributed by atoms with E-state index in [4.69, 9.17) is 18.9 Å². The lowest BCUT2D eigenvalue weighted by molar-refractivity contribution is -0.277. The number of aliphatic hydroxyl groups is 3. The third kappa shape index (κ3) is 5.74. The van der Waals surface area contributed by atoms with Crippen LogP contribution in [0.1, 0.15) is 38.8 Å². The molecule has 0 spiro atoms. The van der Waals surface area contributed by atoms with Crippen LogP contribution in [0.3, 0.4) is 0 Å². The fourth-order valence-corrected chi connectivity index (χ4v) is 4.66. The van der Waals surface area contributed by atoms with Gasteiger partial charge in [0, 0.05) is 12.1 Å². The first kappa shape index (κ1) is 29.5. The highest BCUT2D eigenvalue weighted by Gasteiger charge is 2.46. The smallest absolute Gasteiger partial charge is 0.338 e. The van der Waals surface area contributed by atoms with E-state index in [1.54, 1.807) is 0 Å². The Hall–Kier alpha value is -4.96. The van der Waals surface area contributed by atoms with E-state index >= 15 is 0 Å². The Kier molecular flexibility index (Phi) is 7.81. The first-order valence-corrected chi connectivity index (χ1v) is 12.7. The molecule has 2 heterocycles. The van der Waals surface area contributed by atoms with Crippen LogP contribution in [0.2, 0.25) is 0 Å². The van der Waals surface area contributed by atoms with Crippen LogP contribution in [-0.2, 0) is 9.47 Å². The van der Waals surface area contributed by atoms with Crippen molar-refractivity contribution in [1.29, 1.82) is 0 Å². The number of fused-ring (bicyclic) bond motifs is 1. The van der Waals surface area contributed by atoms with E-state index in [1.807, 2.05) is 0 Å². The zero-order valence-electron chi connectivity index (χ0n) is 21.9. The first-order valence-electron chi connectivity index (χ1n) is 12.7. The van der Waals surface area contributed by atoms with E-state index in [1.165, 1.54) is 24.3 Å². The van der Waals surface area contributed by atoms with Gasteiger partial charge in [-0.3, -0.25) is 4.79 Å². The summed E-state index contributed by atoms with van der Waals surface area (Å²) in [5, 5.41) is 89.8. The molecule has 43 heavy (non-hydrogen) atoms. The average molecular weight is 603 g/mol. The van der Waals surface area contributed by atoms with Gasteiger partial charge in [-0.2, -0.15) is 0 Å². The minimum absolute atomic E-state index is 0.111. The molecule has 3 aromatic rings. The largest absolute Gasteiger partial charge is 0.507 e. The normalized spacial score (nSPS) is 25.0. The Labute approximate surface area is 241 Å². The zero-order valence-corrected chi connectivity index (χ0v) is 21.9. The SMILES string of the molecule is O=C(OC[C@H]1O[C@@H](Oc2cc(O)c3c(c2)O[C@H](c2ccc(O)c(O)c2)CC3=O)[C@@H](O)[C@@H](O)[C@@H]1O)c1cc(O)c(O)c(O)c1. The maximum Gasteiger partial charge on any atom is 0.338 e. The monoisotopic (exact) mass is 602 g/mol. The standard InChI is InChI=1S/C28H26O15/c29-13-2-1-10(3-14(13)30)19-8-16(32)22-15(31)6-12(7-20(22)42-19)41-28-26(38)25(37)24(36)21(43-28)9-40-27(39)11-4-17(33)23(35)18(34)5-11/h1-7,19,21,24-26,28-31,33-38H,8-9H2/t19-,21+,24+,25-,26-,28+/m0/s1. The topological polar surface area (TPSA) is 253 Å². The number of carbonyl (C=O) groups excluding carboxylic acids is 2. The average Bonchev–Trinajstić information content (AvgIpc) is 2.96. The van der Waals surface area contributed by atoms with E-state index in [9.17, 15) is 55.5 Å². The lowest BCUT2D eigenvalue weighted by Gasteiger charge is -2.40. The van der Waals surface area contributed by atoms with Crippen molar-refractivity contribution in [3.8, 4) is 46.0 Å². The van der Waals surface area contributed by atoms with Crippen molar-refractivity contribution in [3.05, 3.63) is 59.2 Å². The molecule has 0 bridgehead atoms. The molecule has 0 amide bonds. The van der Waals surface area contributed by atoms with Gasteiger partial charge in [0.25, 0.3) is 0 Å². The van der Waals surface area contributed by atoms with Crippen LogP contribution >= 0.6 is 0 Å². The number of phenols is 6. The number of hydrogen-bond donors (Lipinski definition) is 9. The number of rotatable bonds is 6. The lowest BCUT2D eigenvalue weighted by Crippen LogP contribution is -2.60. The second-order valence-corrected chi connectivity index (χ2v) is 9.89. The Morgan fingerprint density at radius 2 is 1.51 bits per heavy atom. The van der Waals surface area contributed by atoms with Crippen molar-refractivity contribution in [2.24, 2.45) is 0 Å². The fraction of sp³-hybridized carbons (Fsp3) is 0.286. The van der Waals surface area contributed by atoms with Gasteiger partial charge in [-0.15, -0.1) is 0 Å². The van der Waals surface area contributed by atoms with Gasteiger partial charge < -0.3 is 64.9 Å². The number of Topliss-reactive ketones (excluding diaryl/α,β-unsaturated/α-hetero) is 1. The van der Waals surface area contributed by atoms with Crippen LogP contribution < -0.4 is 9.47 Å². The number of aliphatic hydroxyl groups excluding tert-OH is 3. The molecular formula is C28H26O15. The van der Waals surface area contributed by atoms with Gasteiger partial charge in [0.1, 0.15) is 59.9 Å². The second-order valence-electron chi connectivity index (χ2n) is 9.89. The third-order valence-corrected chi connectivity index (χ3v) is 6.95. The predicted molar refractivity (Wildman–Crippen MR) is 139 cm³/mol. The lowest BCUT2D eigenvalue weighted by atomic mass is 9.95. The molecule has 6 atom stereocenters. The summed E-state index contributed by atoms with van der Waals surface area (Å²) in [4.78, 5) is 25.2. The van der Waals surface area contributed by atoms with Crippen LogP contribution in [0.25, 0.3) is 0 Å². The molecule has 0 aliphatic carbocycles. The molecule has 3 aromatic carbocycles. The van der Waals surface area contributed by atoms with Gasteiger partial charge >= 0.3 is 5.97 Å². The van der Waals surface area contributed by atoms with Crippen LogP contribution in [-0.4, -0.2) is 95.0 Å². The molecule has 2 aliphatic rings. The van der Waals surface area contributed by atoms with Gasteiger partial charge in [-0.05, 0) is 29.8 Å². The van der Waals surface area contributed by atoms with Crippen molar-refractivity contribution >= 4 is 11.8 Å². The van der Waals surface area contributed by atoms with E-state index < -0.39 is 83.9 Å². The molecule has 0 saturated carbocycles. The van der Waals surface area contributed by atoms with Gasteiger partial charge in [-0.25, -0.2) is 4.79 Å². The van der Waals surface area contributed by atoms with Crippen molar-refractivity contribution in [1.82, 2.24) is 0 Å². The number of ether oxygens (including phenoxy) is 4. The Morgan fingerprint density at radius 1 is 0.814 bits per heavy atom. The molecule has 2 aliphatic heterocycles. The van der Waals surface area contributed by atoms with Crippen molar-refractivity contribution in [3.63, 3.8) is 0 Å². The highest BCUT2D eigenvalue weighted by atomic mass is 16.7. The van der Waals surface area contributed by atoms with E-state index in [0.717, 1.165) is 18.2 Å².